The molecule has 1 aromatic heterocycles. The zero-order valence-electron chi connectivity index (χ0n) is 10.4. The Morgan fingerprint density at radius 3 is 2.61 bits per heavy atom. The van der Waals surface area contributed by atoms with Crippen LogP contribution in [0.2, 0.25) is 0 Å². The van der Waals surface area contributed by atoms with Gasteiger partial charge in [-0.25, -0.2) is 0 Å². The third-order valence-corrected chi connectivity index (χ3v) is 4.27. The first kappa shape index (κ1) is 13.7. The van der Waals surface area contributed by atoms with Gasteiger partial charge in [0.2, 0.25) is 0 Å². The molecule has 4 heteroatoms. The van der Waals surface area contributed by atoms with E-state index in [1.807, 2.05) is 0 Å². The summed E-state index contributed by atoms with van der Waals surface area (Å²) in [6, 6.07) is 12.7. The van der Waals surface area contributed by atoms with E-state index in [1.54, 1.807) is 11.3 Å². The van der Waals surface area contributed by atoms with E-state index in [0.29, 0.717) is 6.54 Å². The molecule has 0 aliphatic rings. The average molecular weight is 325 g/mol. The number of rotatable bonds is 5. The largest absolute Gasteiger partial charge is 0.326 e. The normalized spacial score (nSPS) is 11.1. The molecule has 1 heterocycles. The van der Waals surface area contributed by atoms with Crippen LogP contribution in [0.25, 0.3) is 0 Å². The predicted molar refractivity (Wildman–Crippen MR) is 81.5 cm³/mol. The molecule has 0 amide bonds. The van der Waals surface area contributed by atoms with Gasteiger partial charge in [0.15, 0.2) is 0 Å². The molecule has 0 spiro atoms. The molecule has 0 saturated carbocycles. The van der Waals surface area contributed by atoms with Crippen LogP contribution < -0.4 is 5.73 Å². The molecule has 0 aliphatic carbocycles. The maximum absolute atomic E-state index is 5.63. The fourth-order valence-corrected chi connectivity index (χ4v) is 3.31. The van der Waals surface area contributed by atoms with Crippen molar-refractivity contribution in [3.8, 4) is 0 Å². The second-order valence-corrected chi connectivity index (χ2v) is 6.54. The number of thiophene rings is 1. The molecule has 0 unspecified atom stereocenters. The molecule has 0 bridgehead atoms. The quantitative estimate of drug-likeness (QED) is 0.910. The van der Waals surface area contributed by atoms with Crippen LogP contribution in [0.15, 0.2) is 40.9 Å². The summed E-state index contributed by atoms with van der Waals surface area (Å²) in [4.78, 5) is 4.93. The van der Waals surface area contributed by atoms with Gasteiger partial charge in [-0.15, -0.1) is 11.3 Å². The number of hydrogen-bond donors (Lipinski definition) is 1. The lowest BCUT2D eigenvalue weighted by molar-refractivity contribution is 0.322. The SMILES string of the molecule is CN(Cc1cccc(Br)c1)Cc1ccc(CN)s1. The van der Waals surface area contributed by atoms with Gasteiger partial charge >= 0.3 is 0 Å². The van der Waals surface area contributed by atoms with E-state index in [-0.39, 0.29) is 0 Å². The highest BCUT2D eigenvalue weighted by Gasteiger charge is 2.04. The fourth-order valence-electron chi connectivity index (χ4n) is 1.89. The third-order valence-electron chi connectivity index (χ3n) is 2.69. The van der Waals surface area contributed by atoms with Crippen LogP contribution in [0.3, 0.4) is 0 Å². The van der Waals surface area contributed by atoms with Crippen LogP contribution in [0.1, 0.15) is 15.3 Å². The minimum Gasteiger partial charge on any atom is -0.326 e. The highest BCUT2D eigenvalue weighted by Crippen LogP contribution is 2.19. The Bertz CT molecular complexity index is 510. The second-order valence-electron chi connectivity index (χ2n) is 4.37. The van der Waals surface area contributed by atoms with E-state index in [4.69, 9.17) is 5.73 Å². The first-order valence-electron chi connectivity index (χ1n) is 5.88. The zero-order valence-corrected chi connectivity index (χ0v) is 12.8. The minimum atomic E-state index is 0.639. The zero-order chi connectivity index (χ0) is 13.0. The van der Waals surface area contributed by atoms with Crippen LogP contribution in [0.5, 0.6) is 0 Å². The summed E-state index contributed by atoms with van der Waals surface area (Å²) in [5.41, 5.74) is 6.95. The van der Waals surface area contributed by atoms with Gasteiger partial charge < -0.3 is 5.73 Å². The number of hydrogen-bond acceptors (Lipinski definition) is 3. The van der Waals surface area contributed by atoms with Gasteiger partial charge in [-0.05, 0) is 36.9 Å². The first-order chi connectivity index (χ1) is 8.67. The van der Waals surface area contributed by atoms with Crippen LogP contribution in [-0.4, -0.2) is 11.9 Å². The monoisotopic (exact) mass is 324 g/mol. The molecule has 0 atom stereocenters. The standard InChI is InChI=1S/C14H17BrN2S/c1-17(9-11-3-2-4-12(15)7-11)10-14-6-5-13(8-16)18-14/h2-7H,8-10,16H2,1H3. The van der Waals surface area contributed by atoms with Gasteiger partial charge in [0.25, 0.3) is 0 Å². The van der Waals surface area contributed by atoms with E-state index in [1.165, 1.54) is 15.3 Å². The number of benzene rings is 1. The van der Waals surface area contributed by atoms with E-state index in [2.05, 4.69) is 64.3 Å². The van der Waals surface area contributed by atoms with E-state index in [0.717, 1.165) is 17.6 Å². The van der Waals surface area contributed by atoms with E-state index >= 15 is 0 Å². The van der Waals surface area contributed by atoms with Gasteiger partial charge in [0.1, 0.15) is 0 Å². The smallest absolute Gasteiger partial charge is 0.0328 e. The number of nitrogens with two attached hydrogens (primary N) is 1. The summed E-state index contributed by atoms with van der Waals surface area (Å²) in [5.74, 6) is 0. The van der Waals surface area contributed by atoms with E-state index in [9.17, 15) is 0 Å². The Morgan fingerprint density at radius 1 is 1.17 bits per heavy atom. The van der Waals surface area contributed by atoms with Crippen molar-refractivity contribution in [1.29, 1.82) is 0 Å². The van der Waals surface area contributed by atoms with Crippen molar-refractivity contribution in [2.24, 2.45) is 5.73 Å². The highest BCUT2D eigenvalue weighted by atomic mass is 79.9. The van der Waals surface area contributed by atoms with Gasteiger partial charge in [-0.2, -0.15) is 0 Å². The van der Waals surface area contributed by atoms with Crippen molar-refractivity contribution >= 4 is 27.3 Å². The van der Waals surface area contributed by atoms with Crippen LogP contribution in [-0.2, 0) is 19.6 Å². The van der Waals surface area contributed by atoms with Crippen molar-refractivity contribution in [1.82, 2.24) is 4.90 Å². The topological polar surface area (TPSA) is 29.3 Å². The molecule has 0 fully saturated rings. The van der Waals surface area contributed by atoms with Crippen molar-refractivity contribution in [2.75, 3.05) is 7.05 Å². The minimum absolute atomic E-state index is 0.639. The lowest BCUT2D eigenvalue weighted by Gasteiger charge is -2.15. The summed E-state index contributed by atoms with van der Waals surface area (Å²) in [7, 11) is 2.14. The predicted octanol–water partition coefficient (Wildman–Crippen LogP) is 3.60. The fraction of sp³-hybridized carbons (Fsp3) is 0.286. The Hall–Kier alpha value is -0.680. The maximum atomic E-state index is 5.63. The second kappa shape index (κ2) is 6.48. The van der Waals surface area contributed by atoms with Crippen LogP contribution in [0.4, 0.5) is 0 Å². The highest BCUT2D eigenvalue weighted by molar-refractivity contribution is 9.10. The van der Waals surface area contributed by atoms with E-state index < -0.39 is 0 Å². The van der Waals surface area contributed by atoms with Crippen molar-refractivity contribution < 1.29 is 0 Å². The Balaban J connectivity index is 1.94. The van der Waals surface area contributed by atoms with Crippen molar-refractivity contribution in [3.05, 3.63) is 56.2 Å². The molecule has 0 saturated heterocycles. The molecule has 0 aliphatic heterocycles. The lowest BCUT2D eigenvalue weighted by Crippen LogP contribution is -2.16. The summed E-state index contributed by atoms with van der Waals surface area (Å²) < 4.78 is 1.13. The molecular formula is C14H17BrN2S. The molecule has 1 aromatic carbocycles. The number of nitrogens with zero attached hydrogens (tertiary/aromatic N) is 1. The molecule has 2 nitrogen and oxygen atoms in total. The van der Waals surface area contributed by atoms with Gasteiger partial charge in [-0.3, -0.25) is 4.90 Å². The Labute approximate surface area is 121 Å². The third kappa shape index (κ3) is 3.92. The molecule has 18 heavy (non-hydrogen) atoms. The molecule has 2 N–H and O–H groups in total. The molecule has 2 rings (SSSR count). The molecular weight excluding hydrogens is 308 g/mol. The van der Waals surface area contributed by atoms with Crippen molar-refractivity contribution in [3.63, 3.8) is 0 Å². The maximum Gasteiger partial charge on any atom is 0.0328 e. The van der Waals surface area contributed by atoms with Crippen LogP contribution >= 0.6 is 27.3 Å². The van der Waals surface area contributed by atoms with Crippen molar-refractivity contribution in [2.45, 2.75) is 19.6 Å². The van der Waals surface area contributed by atoms with Gasteiger partial charge in [-0.1, -0.05) is 28.1 Å². The molecule has 96 valence electrons. The Kier molecular flexibility index (Phi) is 4.95. The van der Waals surface area contributed by atoms with Crippen LogP contribution in [0, 0.1) is 0 Å². The summed E-state index contributed by atoms with van der Waals surface area (Å²) in [6.07, 6.45) is 0. The van der Waals surface area contributed by atoms with Gasteiger partial charge in [0.05, 0.1) is 0 Å². The summed E-state index contributed by atoms with van der Waals surface area (Å²) >= 11 is 5.30. The summed E-state index contributed by atoms with van der Waals surface area (Å²) in [6.45, 7) is 2.56. The van der Waals surface area contributed by atoms with Gasteiger partial charge in [0, 0.05) is 33.9 Å². The number of halogens is 1. The lowest BCUT2D eigenvalue weighted by atomic mass is 10.2. The molecule has 0 radical (unpaired) electrons. The Morgan fingerprint density at radius 2 is 1.94 bits per heavy atom. The molecule has 2 aromatic rings. The average Bonchev–Trinajstić information content (AvgIpc) is 2.76. The first-order valence-corrected chi connectivity index (χ1v) is 7.49. The summed E-state index contributed by atoms with van der Waals surface area (Å²) in [5, 5.41) is 0.